The Hall–Kier alpha value is -0.750. The quantitative estimate of drug-likeness (QED) is 0.470. The first-order valence-corrected chi connectivity index (χ1v) is 3.24. The van der Waals surface area contributed by atoms with Crippen molar-refractivity contribution in [2.24, 2.45) is 0 Å². The van der Waals surface area contributed by atoms with E-state index in [-0.39, 0.29) is 6.61 Å². The molecule has 0 saturated heterocycles. The molecular formula is C4H5NO3P+. The first-order chi connectivity index (χ1) is 4.27. The summed E-state index contributed by atoms with van der Waals surface area (Å²) in [6, 6.07) is 1.70. The number of hydrogen-bond acceptors (Lipinski definition) is 3. The largest absolute Gasteiger partial charge is 0.695 e. The first-order valence-electron chi connectivity index (χ1n) is 2.11. The third-order valence-electron chi connectivity index (χ3n) is 0.474. The molecule has 0 aliphatic rings. The summed E-state index contributed by atoms with van der Waals surface area (Å²) in [5.41, 5.74) is 0. The van der Waals surface area contributed by atoms with Crippen LogP contribution in [-0.4, -0.2) is 11.5 Å². The van der Waals surface area contributed by atoms with Gasteiger partial charge in [-0.2, -0.15) is 5.26 Å². The molecule has 1 N–H and O–H groups in total. The summed E-state index contributed by atoms with van der Waals surface area (Å²) in [7, 11) is -2.53. The minimum atomic E-state index is -2.53. The van der Waals surface area contributed by atoms with E-state index < -0.39 is 8.25 Å². The second-order valence-electron chi connectivity index (χ2n) is 1.07. The smallest absolute Gasteiger partial charge is 0.193 e. The fourth-order valence-corrected chi connectivity index (χ4v) is 0.421. The Morgan fingerprint density at radius 3 is 3.00 bits per heavy atom. The summed E-state index contributed by atoms with van der Waals surface area (Å²) in [4.78, 5) is 8.02. The summed E-state index contributed by atoms with van der Waals surface area (Å²) in [6.07, 6.45) is 2.53. The van der Waals surface area contributed by atoms with E-state index in [1.807, 2.05) is 0 Å². The molecule has 0 amide bonds. The molecule has 0 aromatic carbocycles. The van der Waals surface area contributed by atoms with Gasteiger partial charge in [0.1, 0.15) is 6.61 Å². The van der Waals surface area contributed by atoms with Crippen LogP contribution in [0.4, 0.5) is 0 Å². The highest BCUT2D eigenvalue weighted by molar-refractivity contribution is 7.32. The molecule has 0 radical (unpaired) electrons. The van der Waals surface area contributed by atoms with Crippen LogP contribution in [0.15, 0.2) is 12.2 Å². The van der Waals surface area contributed by atoms with Gasteiger partial charge in [0, 0.05) is 10.6 Å². The van der Waals surface area contributed by atoms with E-state index in [0.717, 1.165) is 0 Å². The van der Waals surface area contributed by atoms with Gasteiger partial charge in [-0.3, -0.25) is 0 Å². The zero-order valence-electron chi connectivity index (χ0n) is 4.52. The lowest BCUT2D eigenvalue weighted by atomic mass is 10.5. The van der Waals surface area contributed by atoms with Crippen molar-refractivity contribution in [3.05, 3.63) is 12.2 Å². The highest BCUT2D eigenvalue weighted by atomic mass is 31.1. The van der Waals surface area contributed by atoms with Crippen LogP contribution in [0.3, 0.4) is 0 Å². The predicted octanol–water partition coefficient (Wildman–Crippen LogP) is 0.732. The molecule has 0 heterocycles. The van der Waals surface area contributed by atoms with Crippen LogP contribution in [0, 0.1) is 11.3 Å². The van der Waals surface area contributed by atoms with Crippen molar-refractivity contribution < 1.29 is 14.0 Å². The zero-order chi connectivity index (χ0) is 7.11. The fraction of sp³-hybridized carbons (Fsp3) is 0.250. The summed E-state index contributed by atoms with van der Waals surface area (Å²) < 4.78 is 13.9. The molecule has 9 heavy (non-hydrogen) atoms. The summed E-state index contributed by atoms with van der Waals surface area (Å²) in [5, 5.41) is 7.90. The Morgan fingerprint density at radius 1 is 1.89 bits per heavy atom. The molecule has 4 nitrogen and oxygen atoms in total. The number of nitrogens with zero attached hydrogens (tertiary/aromatic N) is 1. The molecule has 0 aliphatic carbocycles. The number of rotatable bonds is 3. The van der Waals surface area contributed by atoms with Crippen LogP contribution in [0.2, 0.25) is 0 Å². The van der Waals surface area contributed by atoms with Crippen molar-refractivity contribution in [3.63, 3.8) is 0 Å². The van der Waals surface area contributed by atoms with Crippen LogP contribution in [0.1, 0.15) is 0 Å². The molecule has 5 heteroatoms. The van der Waals surface area contributed by atoms with E-state index in [1.54, 1.807) is 6.07 Å². The Kier molecular flexibility index (Phi) is 4.94. The fourth-order valence-electron chi connectivity index (χ4n) is 0.208. The molecule has 48 valence electrons. The molecule has 0 aromatic rings. The average Bonchev–Trinajstić information content (AvgIpc) is 1.80. The Bertz CT molecular complexity index is 160. The molecule has 1 atom stereocenters. The minimum Gasteiger partial charge on any atom is -0.193 e. The lowest BCUT2D eigenvalue weighted by Crippen LogP contribution is -1.77. The molecular weight excluding hydrogens is 141 g/mol. The van der Waals surface area contributed by atoms with Crippen LogP contribution >= 0.6 is 8.25 Å². The van der Waals surface area contributed by atoms with E-state index in [9.17, 15) is 4.57 Å². The van der Waals surface area contributed by atoms with Gasteiger partial charge in [-0.05, 0) is 6.08 Å². The van der Waals surface area contributed by atoms with E-state index >= 15 is 0 Å². The van der Waals surface area contributed by atoms with Crippen molar-refractivity contribution in [1.29, 1.82) is 5.26 Å². The lowest BCUT2D eigenvalue weighted by Gasteiger charge is -1.73. The minimum absolute atomic E-state index is 0.000730. The van der Waals surface area contributed by atoms with Gasteiger partial charge in [0.05, 0.1) is 6.07 Å². The van der Waals surface area contributed by atoms with Gasteiger partial charge in [0.2, 0.25) is 0 Å². The zero-order valence-corrected chi connectivity index (χ0v) is 5.41. The SMILES string of the molecule is N#CC=CCO[P+](=O)O. The van der Waals surface area contributed by atoms with E-state index in [1.165, 1.54) is 12.2 Å². The molecule has 0 fully saturated rings. The molecule has 0 aliphatic heterocycles. The molecule has 0 saturated carbocycles. The maximum absolute atomic E-state index is 9.77. The Balaban J connectivity index is 3.22. The van der Waals surface area contributed by atoms with Gasteiger partial charge in [-0.1, -0.05) is 0 Å². The molecule has 1 unspecified atom stereocenters. The normalized spacial score (nSPS) is 11.3. The van der Waals surface area contributed by atoms with Gasteiger partial charge >= 0.3 is 8.25 Å². The first kappa shape index (κ1) is 8.25. The standard InChI is InChI=1S/C4H4NO3P/c5-3-1-2-4-8-9(6)7/h1-2H,4H2/p+1. The predicted molar refractivity (Wildman–Crippen MR) is 30.5 cm³/mol. The van der Waals surface area contributed by atoms with Crippen LogP contribution in [0.25, 0.3) is 0 Å². The summed E-state index contributed by atoms with van der Waals surface area (Å²) in [6.45, 7) is -0.000730. The van der Waals surface area contributed by atoms with E-state index in [2.05, 4.69) is 4.52 Å². The van der Waals surface area contributed by atoms with Gasteiger partial charge in [-0.25, -0.2) is 0 Å². The maximum Gasteiger partial charge on any atom is 0.695 e. The highest BCUT2D eigenvalue weighted by Crippen LogP contribution is 2.12. The van der Waals surface area contributed by atoms with Crippen LogP contribution in [0.5, 0.6) is 0 Å². The molecule has 0 rings (SSSR count). The van der Waals surface area contributed by atoms with Gasteiger partial charge in [0.15, 0.2) is 0 Å². The van der Waals surface area contributed by atoms with Gasteiger partial charge < -0.3 is 0 Å². The monoisotopic (exact) mass is 146 g/mol. The van der Waals surface area contributed by atoms with Gasteiger partial charge in [-0.15, -0.1) is 9.42 Å². The van der Waals surface area contributed by atoms with Crippen molar-refractivity contribution in [1.82, 2.24) is 0 Å². The van der Waals surface area contributed by atoms with Crippen molar-refractivity contribution >= 4 is 8.25 Å². The summed E-state index contributed by atoms with van der Waals surface area (Å²) >= 11 is 0. The van der Waals surface area contributed by atoms with Gasteiger partial charge in [0.25, 0.3) is 0 Å². The number of nitriles is 1. The van der Waals surface area contributed by atoms with Crippen molar-refractivity contribution in [3.8, 4) is 6.07 Å². The Labute approximate surface area is 53.3 Å². The second kappa shape index (κ2) is 5.39. The van der Waals surface area contributed by atoms with Crippen molar-refractivity contribution in [2.45, 2.75) is 0 Å². The summed E-state index contributed by atoms with van der Waals surface area (Å²) in [5.74, 6) is 0. The Morgan fingerprint density at radius 2 is 2.56 bits per heavy atom. The number of allylic oxidation sites excluding steroid dienone is 1. The lowest BCUT2D eigenvalue weighted by molar-refractivity contribution is 0.312. The third kappa shape index (κ3) is 7.25. The average molecular weight is 146 g/mol. The van der Waals surface area contributed by atoms with Crippen molar-refractivity contribution in [2.75, 3.05) is 6.61 Å². The molecule has 0 bridgehead atoms. The van der Waals surface area contributed by atoms with Crippen LogP contribution < -0.4 is 0 Å². The van der Waals surface area contributed by atoms with E-state index in [0.29, 0.717) is 0 Å². The highest BCUT2D eigenvalue weighted by Gasteiger charge is 2.07. The molecule has 0 aromatic heterocycles. The third-order valence-corrected chi connectivity index (χ3v) is 0.844. The molecule has 0 spiro atoms. The number of hydrogen-bond donors (Lipinski definition) is 1. The van der Waals surface area contributed by atoms with E-state index in [4.69, 9.17) is 10.2 Å². The second-order valence-corrected chi connectivity index (χ2v) is 1.80. The maximum atomic E-state index is 9.77. The van der Waals surface area contributed by atoms with Crippen LogP contribution in [-0.2, 0) is 9.09 Å². The topological polar surface area (TPSA) is 70.3 Å².